The molecule has 0 aliphatic heterocycles. The van der Waals surface area contributed by atoms with E-state index >= 15 is 0 Å². The monoisotopic (exact) mass is 236 g/mol. The highest BCUT2D eigenvalue weighted by Crippen LogP contribution is 2.19. The molecule has 0 fully saturated rings. The van der Waals surface area contributed by atoms with Crippen molar-refractivity contribution in [1.82, 2.24) is 20.3 Å². The second-order valence-electron chi connectivity index (χ2n) is 4.38. The molecule has 0 amide bonds. The molecule has 0 saturated carbocycles. The van der Waals surface area contributed by atoms with E-state index in [4.69, 9.17) is 5.11 Å². The molecule has 5 heteroatoms. The van der Waals surface area contributed by atoms with Gasteiger partial charge in [-0.1, -0.05) is 16.9 Å². The van der Waals surface area contributed by atoms with Gasteiger partial charge in [0.25, 0.3) is 0 Å². The third kappa shape index (κ3) is 3.94. The van der Waals surface area contributed by atoms with Crippen LogP contribution in [0.5, 0.6) is 0 Å². The molecule has 1 aliphatic carbocycles. The van der Waals surface area contributed by atoms with Gasteiger partial charge in [0.1, 0.15) is 0 Å². The van der Waals surface area contributed by atoms with Gasteiger partial charge in [-0.3, -0.25) is 0 Å². The summed E-state index contributed by atoms with van der Waals surface area (Å²) < 4.78 is 1.66. The molecular weight excluding hydrogens is 216 g/mol. The van der Waals surface area contributed by atoms with Crippen molar-refractivity contribution in [2.45, 2.75) is 38.8 Å². The quantitative estimate of drug-likeness (QED) is 0.544. The minimum atomic E-state index is 0.102. The van der Waals surface area contributed by atoms with E-state index in [0.717, 1.165) is 25.2 Å². The highest BCUT2D eigenvalue weighted by atomic mass is 16.3. The lowest BCUT2D eigenvalue weighted by Gasteiger charge is -2.03. The largest absolute Gasteiger partial charge is 0.394 e. The van der Waals surface area contributed by atoms with Crippen molar-refractivity contribution in [2.75, 3.05) is 13.2 Å². The van der Waals surface area contributed by atoms with Crippen molar-refractivity contribution < 1.29 is 5.11 Å². The molecule has 2 rings (SSSR count). The van der Waals surface area contributed by atoms with Crippen molar-refractivity contribution in [3.63, 3.8) is 0 Å². The van der Waals surface area contributed by atoms with Gasteiger partial charge in [-0.2, -0.15) is 0 Å². The van der Waals surface area contributed by atoms with Gasteiger partial charge in [0.2, 0.25) is 0 Å². The average Bonchev–Trinajstić information content (AvgIpc) is 2.96. The summed E-state index contributed by atoms with van der Waals surface area (Å²) in [4.78, 5) is 0. The van der Waals surface area contributed by atoms with Crippen molar-refractivity contribution >= 4 is 0 Å². The van der Waals surface area contributed by atoms with Crippen LogP contribution in [0, 0.1) is 0 Å². The van der Waals surface area contributed by atoms with E-state index in [9.17, 15) is 0 Å². The van der Waals surface area contributed by atoms with Gasteiger partial charge in [0.05, 0.1) is 18.8 Å². The van der Waals surface area contributed by atoms with Crippen molar-refractivity contribution in [1.29, 1.82) is 0 Å². The number of aliphatic hydroxyl groups excluding tert-OH is 1. The Morgan fingerprint density at radius 1 is 1.47 bits per heavy atom. The summed E-state index contributed by atoms with van der Waals surface area (Å²) in [6, 6.07) is 0. The van der Waals surface area contributed by atoms with Crippen LogP contribution in [0.1, 0.15) is 31.4 Å². The molecule has 0 spiro atoms. The standard InChI is InChI=1S/C12H20N4O/c17-8-7-16-10-12(14-15-16)9-13-6-5-11-3-1-2-4-11/h3,10,13,17H,1-2,4-9H2. The van der Waals surface area contributed by atoms with Crippen molar-refractivity contribution in [2.24, 2.45) is 0 Å². The van der Waals surface area contributed by atoms with Crippen molar-refractivity contribution in [3.05, 3.63) is 23.5 Å². The van der Waals surface area contributed by atoms with Gasteiger partial charge in [0.15, 0.2) is 0 Å². The molecule has 5 nitrogen and oxygen atoms in total. The summed E-state index contributed by atoms with van der Waals surface area (Å²) in [5.41, 5.74) is 2.51. The zero-order valence-electron chi connectivity index (χ0n) is 10.1. The number of rotatable bonds is 7. The van der Waals surface area contributed by atoms with Gasteiger partial charge < -0.3 is 10.4 Å². The summed E-state index contributed by atoms with van der Waals surface area (Å²) >= 11 is 0. The van der Waals surface area contributed by atoms with E-state index in [-0.39, 0.29) is 6.61 Å². The summed E-state index contributed by atoms with van der Waals surface area (Å²) in [5.74, 6) is 0. The first kappa shape index (κ1) is 12.3. The van der Waals surface area contributed by atoms with E-state index in [0.29, 0.717) is 6.54 Å². The maximum atomic E-state index is 8.75. The number of hydrogen-bond acceptors (Lipinski definition) is 4. The molecule has 17 heavy (non-hydrogen) atoms. The lowest BCUT2D eigenvalue weighted by atomic mass is 10.2. The smallest absolute Gasteiger partial charge is 0.0964 e. The summed E-state index contributed by atoms with van der Waals surface area (Å²) in [6.45, 7) is 2.36. The van der Waals surface area contributed by atoms with Crippen LogP contribution in [0.25, 0.3) is 0 Å². The van der Waals surface area contributed by atoms with Gasteiger partial charge >= 0.3 is 0 Å². The third-order valence-corrected chi connectivity index (χ3v) is 2.98. The Kier molecular flexibility index (Phi) is 4.70. The maximum Gasteiger partial charge on any atom is 0.0964 e. The molecule has 94 valence electrons. The SMILES string of the molecule is OCCn1cc(CNCCC2=CCCC2)nn1. The molecule has 1 aromatic heterocycles. The Bertz CT molecular complexity index is 372. The number of nitrogens with zero attached hydrogens (tertiary/aromatic N) is 3. The Balaban J connectivity index is 1.63. The number of aliphatic hydroxyl groups is 1. The van der Waals surface area contributed by atoms with Gasteiger partial charge in [-0.05, 0) is 32.2 Å². The van der Waals surface area contributed by atoms with Gasteiger partial charge in [-0.15, -0.1) is 5.10 Å². The second-order valence-corrected chi connectivity index (χ2v) is 4.38. The Labute approximate surface area is 102 Å². The molecule has 1 aromatic rings. The number of hydrogen-bond donors (Lipinski definition) is 2. The molecule has 0 atom stereocenters. The zero-order chi connectivity index (χ0) is 11.9. The minimum absolute atomic E-state index is 0.102. The topological polar surface area (TPSA) is 63.0 Å². The molecule has 1 heterocycles. The number of nitrogens with one attached hydrogen (secondary N) is 1. The van der Waals surface area contributed by atoms with Crippen molar-refractivity contribution in [3.8, 4) is 0 Å². The highest BCUT2D eigenvalue weighted by Gasteiger charge is 2.04. The zero-order valence-corrected chi connectivity index (χ0v) is 10.1. The van der Waals surface area contributed by atoms with E-state index in [1.807, 2.05) is 6.20 Å². The fourth-order valence-electron chi connectivity index (χ4n) is 2.06. The minimum Gasteiger partial charge on any atom is -0.394 e. The Hall–Kier alpha value is -1.20. The van der Waals surface area contributed by atoms with E-state index in [1.54, 1.807) is 10.3 Å². The van der Waals surface area contributed by atoms with Crippen LogP contribution in [-0.4, -0.2) is 33.3 Å². The van der Waals surface area contributed by atoms with Gasteiger partial charge in [-0.25, -0.2) is 4.68 Å². The van der Waals surface area contributed by atoms with Crippen LogP contribution < -0.4 is 5.32 Å². The van der Waals surface area contributed by atoms with Gasteiger partial charge in [0, 0.05) is 12.7 Å². The molecule has 0 bridgehead atoms. The predicted octanol–water partition coefficient (Wildman–Crippen LogP) is 0.860. The van der Waals surface area contributed by atoms with Crippen LogP contribution in [0.2, 0.25) is 0 Å². The lowest BCUT2D eigenvalue weighted by Crippen LogP contribution is -2.15. The molecule has 0 aromatic carbocycles. The summed E-state index contributed by atoms with van der Waals surface area (Å²) in [5, 5.41) is 20.1. The Morgan fingerprint density at radius 2 is 2.41 bits per heavy atom. The molecule has 2 N–H and O–H groups in total. The van der Waals surface area contributed by atoms with Crippen LogP contribution in [0.15, 0.2) is 17.8 Å². The first-order valence-corrected chi connectivity index (χ1v) is 6.27. The first-order chi connectivity index (χ1) is 8.38. The predicted molar refractivity (Wildman–Crippen MR) is 65.4 cm³/mol. The molecule has 0 radical (unpaired) electrons. The fourth-order valence-corrected chi connectivity index (χ4v) is 2.06. The highest BCUT2D eigenvalue weighted by molar-refractivity contribution is 5.07. The third-order valence-electron chi connectivity index (χ3n) is 2.98. The fraction of sp³-hybridized carbons (Fsp3) is 0.667. The first-order valence-electron chi connectivity index (χ1n) is 6.27. The molecule has 1 aliphatic rings. The number of allylic oxidation sites excluding steroid dienone is 1. The average molecular weight is 236 g/mol. The van der Waals surface area contributed by atoms with Crippen LogP contribution >= 0.6 is 0 Å². The molecule has 0 saturated heterocycles. The van der Waals surface area contributed by atoms with Crippen LogP contribution in [0.4, 0.5) is 0 Å². The molecule has 0 unspecified atom stereocenters. The maximum absolute atomic E-state index is 8.75. The summed E-state index contributed by atoms with van der Waals surface area (Å²) in [7, 11) is 0. The summed E-state index contributed by atoms with van der Waals surface area (Å²) in [6.07, 6.45) is 9.23. The lowest BCUT2D eigenvalue weighted by molar-refractivity contribution is 0.268. The van der Waals surface area contributed by atoms with E-state index in [1.165, 1.54) is 19.3 Å². The Morgan fingerprint density at radius 3 is 3.18 bits per heavy atom. The molecular formula is C12H20N4O. The van der Waals surface area contributed by atoms with Crippen LogP contribution in [0.3, 0.4) is 0 Å². The van der Waals surface area contributed by atoms with E-state index < -0.39 is 0 Å². The number of aromatic nitrogens is 3. The second kappa shape index (κ2) is 6.51. The normalized spacial score (nSPS) is 15.2. The van der Waals surface area contributed by atoms with Crippen LogP contribution in [-0.2, 0) is 13.1 Å². The van der Waals surface area contributed by atoms with E-state index in [2.05, 4.69) is 21.7 Å².